The zero-order valence-electron chi connectivity index (χ0n) is 35.3. The van der Waals surface area contributed by atoms with Crippen LogP contribution in [0.3, 0.4) is 0 Å². The summed E-state index contributed by atoms with van der Waals surface area (Å²) in [4.78, 5) is 67.2. The number of piperidine rings is 3. The molecule has 7 heterocycles. The topological polar surface area (TPSA) is 181 Å². The lowest BCUT2D eigenvalue weighted by Crippen LogP contribution is -2.47. The van der Waals surface area contributed by atoms with E-state index >= 15 is 13.2 Å². The van der Waals surface area contributed by atoms with E-state index in [0.29, 0.717) is 73.9 Å². The van der Waals surface area contributed by atoms with Gasteiger partial charge in [0.1, 0.15) is 29.0 Å². The third-order valence-corrected chi connectivity index (χ3v) is 12.3. The second kappa shape index (κ2) is 17.3. The summed E-state index contributed by atoms with van der Waals surface area (Å²) in [6, 6.07) is 4.41. The number of hydrogen-bond acceptors (Lipinski definition) is 12. The van der Waals surface area contributed by atoms with Crippen molar-refractivity contribution in [2.45, 2.75) is 76.9 Å². The van der Waals surface area contributed by atoms with E-state index < -0.39 is 35.2 Å². The summed E-state index contributed by atoms with van der Waals surface area (Å²) in [7, 11) is 3.05. The zero-order valence-corrected chi connectivity index (χ0v) is 35.3. The average molecular weight is 858 g/mol. The molecule has 8 rings (SSSR count). The van der Waals surface area contributed by atoms with Gasteiger partial charge in [0.25, 0.3) is 11.5 Å². The number of aromatic nitrogens is 6. The minimum atomic E-state index is -1.16. The quantitative estimate of drug-likeness (QED) is 0.157. The number of hydrogen-bond donors (Lipinski definition) is 3. The Morgan fingerprint density at radius 2 is 1.81 bits per heavy atom. The summed E-state index contributed by atoms with van der Waals surface area (Å²) >= 11 is 0. The molecular formula is C43H50F3N11O5. The van der Waals surface area contributed by atoms with E-state index in [9.17, 15) is 19.2 Å². The Balaban J connectivity index is 0.898. The highest BCUT2D eigenvalue weighted by Crippen LogP contribution is 2.39. The predicted molar refractivity (Wildman–Crippen MR) is 225 cm³/mol. The number of amides is 3. The number of halogens is 3. The van der Waals surface area contributed by atoms with Crippen molar-refractivity contribution in [2.24, 2.45) is 13.0 Å². The first-order chi connectivity index (χ1) is 29.7. The standard InChI is InChI=1S/C43H50F3N11O5/c1-22(2)57-40-26(15-32(42(57)61)62-21-34(59)47-4)14-27(18-48-40)50-39-23(3)17-49-43(52-39)56-13-10-25(31(45)20-56)19-55-11-8-24(9-12-55)35-30(44)16-29-37(53-54(5)38(29)36(35)46)28-6-7-33(58)51-41(28)60/h14-18,22,24-25,28,31H,6-13,19-21H2,1-5H3,(H,47,59)(H,49,50,52)(H,51,58,60)/t25-,28?,31-/m1/s1. The Hall–Kier alpha value is -6.11. The van der Waals surface area contributed by atoms with E-state index in [4.69, 9.17) is 9.72 Å². The second-order valence-electron chi connectivity index (χ2n) is 16.8. The van der Waals surface area contributed by atoms with Crippen LogP contribution in [0.2, 0.25) is 0 Å². The van der Waals surface area contributed by atoms with Crippen molar-refractivity contribution in [1.82, 2.24) is 44.8 Å². The molecule has 0 aliphatic carbocycles. The number of imide groups is 1. The van der Waals surface area contributed by atoms with Gasteiger partial charge in [0.15, 0.2) is 18.2 Å². The summed E-state index contributed by atoms with van der Waals surface area (Å²) < 4.78 is 56.3. The van der Waals surface area contributed by atoms with Gasteiger partial charge in [0, 0.05) is 73.7 Å². The molecule has 1 unspecified atom stereocenters. The molecule has 3 aliphatic heterocycles. The van der Waals surface area contributed by atoms with E-state index in [0.717, 1.165) is 5.56 Å². The van der Waals surface area contributed by atoms with Gasteiger partial charge in [-0.1, -0.05) is 0 Å². The smallest absolute Gasteiger partial charge is 0.294 e. The maximum Gasteiger partial charge on any atom is 0.294 e. The fraction of sp³-hybridized carbons (Fsp3) is 0.488. The van der Waals surface area contributed by atoms with E-state index in [1.807, 2.05) is 31.7 Å². The molecule has 3 N–H and O–H groups in total. The first kappa shape index (κ1) is 42.6. The van der Waals surface area contributed by atoms with Crippen molar-refractivity contribution in [2.75, 3.05) is 56.6 Å². The van der Waals surface area contributed by atoms with Gasteiger partial charge in [-0.3, -0.25) is 33.7 Å². The van der Waals surface area contributed by atoms with Gasteiger partial charge in [-0.25, -0.2) is 23.1 Å². The molecule has 5 aromatic rings. The molecule has 0 saturated carbocycles. The fourth-order valence-electron chi connectivity index (χ4n) is 8.98. The maximum absolute atomic E-state index is 16.2. The van der Waals surface area contributed by atoms with Crippen molar-refractivity contribution in [3.05, 3.63) is 69.4 Å². The van der Waals surface area contributed by atoms with Gasteiger partial charge < -0.3 is 25.2 Å². The van der Waals surface area contributed by atoms with Crippen LogP contribution in [-0.4, -0.2) is 104 Å². The SMILES string of the molecule is CNC(=O)COc1cc2cc(Nc3nc(N4CC[C@H](CN5CCC(c6c(F)cc7c(C8CCC(=O)NC8=O)nn(C)c7c6F)CC5)[C@H](F)C4)ncc3C)cnc2n(C(C)C)c1=O. The third kappa shape index (κ3) is 8.29. The number of likely N-dealkylation sites (N-methyl/N-ethyl adjacent to an activating group) is 1. The molecule has 3 amide bonds. The number of benzene rings is 1. The number of nitrogens with one attached hydrogen (secondary N) is 3. The first-order valence-electron chi connectivity index (χ1n) is 21.0. The number of nitrogens with zero attached hydrogens (tertiary/aromatic N) is 8. The van der Waals surface area contributed by atoms with Gasteiger partial charge in [0.2, 0.25) is 17.8 Å². The summed E-state index contributed by atoms with van der Waals surface area (Å²) in [6.45, 7) is 7.54. The minimum absolute atomic E-state index is 0.00540. The molecule has 0 bridgehead atoms. The lowest BCUT2D eigenvalue weighted by Gasteiger charge is -2.39. The number of aryl methyl sites for hydroxylation is 2. The highest BCUT2D eigenvalue weighted by molar-refractivity contribution is 6.02. The van der Waals surface area contributed by atoms with E-state index in [2.05, 4.69) is 35.9 Å². The van der Waals surface area contributed by atoms with Crippen molar-refractivity contribution in [3.63, 3.8) is 0 Å². The number of carbonyl (C=O) groups is 3. The number of carbonyl (C=O) groups excluding carboxylic acids is 3. The van der Waals surface area contributed by atoms with E-state index in [1.54, 1.807) is 25.5 Å². The van der Waals surface area contributed by atoms with Crippen LogP contribution >= 0.6 is 0 Å². The average Bonchev–Trinajstić information content (AvgIpc) is 3.56. The molecule has 4 aromatic heterocycles. The monoisotopic (exact) mass is 857 g/mol. The molecular weight excluding hydrogens is 808 g/mol. The highest BCUT2D eigenvalue weighted by Gasteiger charge is 2.36. The Bertz CT molecular complexity index is 2630. The zero-order chi connectivity index (χ0) is 44.0. The number of rotatable bonds is 11. The van der Waals surface area contributed by atoms with Gasteiger partial charge in [-0.05, 0) is 83.7 Å². The third-order valence-electron chi connectivity index (χ3n) is 12.3. The normalized spacial score (nSPS) is 20.3. The number of pyridine rings is 2. The molecule has 3 aliphatic rings. The Morgan fingerprint density at radius 3 is 2.52 bits per heavy atom. The van der Waals surface area contributed by atoms with Gasteiger partial charge in [-0.15, -0.1) is 0 Å². The van der Waals surface area contributed by atoms with Crippen LogP contribution < -0.4 is 31.1 Å². The molecule has 0 spiro atoms. The minimum Gasteiger partial charge on any atom is -0.478 e. The molecule has 16 nitrogen and oxygen atoms in total. The molecule has 1 aromatic carbocycles. The number of ether oxygens (including phenoxy) is 1. The van der Waals surface area contributed by atoms with Crippen LogP contribution in [0, 0.1) is 24.5 Å². The van der Waals surface area contributed by atoms with E-state index in [-0.39, 0.29) is 83.6 Å². The van der Waals surface area contributed by atoms with Crippen LogP contribution in [0.5, 0.6) is 5.75 Å². The summed E-state index contributed by atoms with van der Waals surface area (Å²) in [5.74, 6) is -3.13. The van der Waals surface area contributed by atoms with Crippen LogP contribution in [-0.2, 0) is 21.4 Å². The summed E-state index contributed by atoms with van der Waals surface area (Å²) in [5.41, 5.74) is 1.79. The summed E-state index contributed by atoms with van der Waals surface area (Å²) in [6.07, 6.45) is 4.02. The maximum atomic E-state index is 16.2. The van der Waals surface area contributed by atoms with Crippen LogP contribution in [0.15, 0.2) is 35.4 Å². The van der Waals surface area contributed by atoms with Gasteiger partial charge in [-0.2, -0.15) is 10.1 Å². The number of alkyl halides is 1. The molecule has 19 heteroatoms. The van der Waals surface area contributed by atoms with Crippen LogP contribution in [0.1, 0.15) is 80.7 Å². The van der Waals surface area contributed by atoms with Crippen molar-refractivity contribution >= 4 is 57.1 Å². The lowest BCUT2D eigenvalue weighted by atomic mass is 9.86. The number of anilines is 3. The number of fused-ring (bicyclic) bond motifs is 2. The van der Waals surface area contributed by atoms with E-state index in [1.165, 1.54) is 22.4 Å². The van der Waals surface area contributed by atoms with Crippen LogP contribution in [0.25, 0.3) is 21.9 Å². The highest BCUT2D eigenvalue weighted by atomic mass is 19.1. The van der Waals surface area contributed by atoms with Gasteiger partial charge in [0.05, 0.1) is 30.0 Å². The van der Waals surface area contributed by atoms with Crippen LogP contribution in [0.4, 0.5) is 30.6 Å². The molecule has 3 atom stereocenters. The summed E-state index contributed by atoms with van der Waals surface area (Å²) in [5, 5.41) is 13.3. The molecule has 0 radical (unpaired) electrons. The lowest BCUT2D eigenvalue weighted by molar-refractivity contribution is -0.134. The second-order valence-corrected chi connectivity index (χ2v) is 16.8. The predicted octanol–water partition coefficient (Wildman–Crippen LogP) is 4.67. The van der Waals surface area contributed by atoms with Crippen molar-refractivity contribution < 1.29 is 32.3 Å². The first-order valence-corrected chi connectivity index (χ1v) is 21.0. The van der Waals surface area contributed by atoms with Crippen molar-refractivity contribution in [1.29, 1.82) is 0 Å². The Labute approximate surface area is 355 Å². The number of likely N-dealkylation sites (tertiary alicyclic amines) is 1. The molecule has 328 valence electrons. The molecule has 3 fully saturated rings. The molecule has 62 heavy (non-hydrogen) atoms. The molecule has 3 saturated heterocycles. The Morgan fingerprint density at radius 1 is 1.03 bits per heavy atom. The fourth-order valence-corrected chi connectivity index (χ4v) is 8.98. The Kier molecular flexibility index (Phi) is 11.9. The largest absolute Gasteiger partial charge is 0.478 e. The van der Waals surface area contributed by atoms with Crippen molar-refractivity contribution in [3.8, 4) is 5.75 Å². The van der Waals surface area contributed by atoms with Gasteiger partial charge >= 0.3 is 0 Å².